The first kappa shape index (κ1) is 22.0. The molecular weight excluding hydrogens is 463 g/mol. The SMILES string of the molecule is Oc1ccc(/C=N/Nc2ncnc3c(Nc4ccc(Cl)c(C(F)(F)F)c4)ncnc23)cc1O. The van der Waals surface area contributed by atoms with Crippen LogP contribution in [0.25, 0.3) is 11.0 Å². The molecule has 2 aromatic carbocycles. The highest BCUT2D eigenvalue weighted by Crippen LogP contribution is 2.37. The monoisotopic (exact) mass is 475 g/mol. The minimum Gasteiger partial charge on any atom is -0.504 e. The number of anilines is 3. The van der Waals surface area contributed by atoms with Crippen molar-refractivity contribution in [2.45, 2.75) is 6.18 Å². The van der Waals surface area contributed by atoms with Crippen molar-refractivity contribution >= 4 is 46.2 Å². The summed E-state index contributed by atoms with van der Waals surface area (Å²) in [5, 5.41) is 25.3. The van der Waals surface area contributed by atoms with Crippen molar-refractivity contribution in [1.82, 2.24) is 19.9 Å². The summed E-state index contributed by atoms with van der Waals surface area (Å²) in [6, 6.07) is 7.53. The Morgan fingerprint density at radius 3 is 2.27 bits per heavy atom. The maximum absolute atomic E-state index is 13.1. The Hall–Kier alpha value is -4.19. The lowest BCUT2D eigenvalue weighted by atomic mass is 10.2. The van der Waals surface area contributed by atoms with Crippen LogP contribution in [0.1, 0.15) is 11.1 Å². The number of nitrogens with zero attached hydrogens (tertiary/aromatic N) is 5. The number of hydrogen-bond donors (Lipinski definition) is 4. The zero-order valence-corrected chi connectivity index (χ0v) is 17.1. The summed E-state index contributed by atoms with van der Waals surface area (Å²) in [4.78, 5) is 16.4. The molecule has 0 aliphatic rings. The fourth-order valence-electron chi connectivity index (χ4n) is 2.80. The molecule has 9 nitrogen and oxygen atoms in total. The number of nitrogens with one attached hydrogen (secondary N) is 2. The predicted octanol–water partition coefficient (Wildman–Crippen LogP) is 4.69. The number of fused-ring (bicyclic) bond motifs is 1. The number of hydrogen-bond acceptors (Lipinski definition) is 9. The molecule has 0 saturated heterocycles. The number of hydrazone groups is 1. The van der Waals surface area contributed by atoms with Crippen molar-refractivity contribution in [3.8, 4) is 11.5 Å². The largest absolute Gasteiger partial charge is 0.504 e. The van der Waals surface area contributed by atoms with E-state index in [2.05, 4.69) is 35.8 Å². The molecule has 0 radical (unpaired) electrons. The van der Waals surface area contributed by atoms with Gasteiger partial charge in [-0.1, -0.05) is 11.6 Å². The highest BCUT2D eigenvalue weighted by molar-refractivity contribution is 6.31. The highest BCUT2D eigenvalue weighted by atomic mass is 35.5. The van der Waals surface area contributed by atoms with Gasteiger partial charge < -0.3 is 15.5 Å². The van der Waals surface area contributed by atoms with Crippen molar-refractivity contribution in [2.24, 2.45) is 5.10 Å². The van der Waals surface area contributed by atoms with E-state index in [1.54, 1.807) is 0 Å². The van der Waals surface area contributed by atoms with Crippen molar-refractivity contribution in [3.05, 3.63) is 65.2 Å². The average Bonchev–Trinajstić information content (AvgIpc) is 2.77. The van der Waals surface area contributed by atoms with Crippen LogP contribution in [0.15, 0.2) is 54.2 Å². The fourth-order valence-corrected chi connectivity index (χ4v) is 3.02. The van der Waals surface area contributed by atoms with E-state index in [4.69, 9.17) is 11.6 Å². The molecule has 4 N–H and O–H groups in total. The summed E-state index contributed by atoms with van der Waals surface area (Å²) in [7, 11) is 0. The van der Waals surface area contributed by atoms with E-state index in [0.717, 1.165) is 12.1 Å². The quantitative estimate of drug-likeness (QED) is 0.186. The van der Waals surface area contributed by atoms with E-state index >= 15 is 0 Å². The van der Waals surface area contributed by atoms with E-state index in [9.17, 15) is 23.4 Å². The standard InChI is InChI=1S/C20H13ClF3N7O2/c21-13-3-2-11(6-12(13)20(22,23)24)30-18-16-17(26-8-27-18)19(28-9-25-16)31-29-7-10-1-4-14(32)15(33)5-10/h1-9,32-33H,(H,25,28,31)(H,26,27,30)/b29-7+. The van der Waals surface area contributed by atoms with Gasteiger partial charge in [-0.15, -0.1) is 0 Å². The predicted molar refractivity (Wildman–Crippen MR) is 116 cm³/mol. The van der Waals surface area contributed by atoms with E-state index < -0.39 is 16.8 Å². The lowest BCUT2D eigenvalue weighted by Gasteiger charge is -2.13. The van der Waals surface area contributed by atoms with Gasteiger partial charge in [-0.3, -0.25) is 5.43 Å². The summed E-state index contributed by atoms with van der Waals surface area (Å²) in [5.41, 5.74) is 2.79. The lowest BCUT2D eigenvalue weighted by molar-refractivity contribution is -0.137. The Morgan fingerprint density at radius 2 is 1.58 bits per heavy atom. The molecule has 0 aliphatic carbocycles. The third kappa shape index (κ3) is 4.85. The summed E-state index contributed by atoms with van der Waals surface area (Å²) < 4.78 is 39.4. The smallest absolute Gasteiger partial charge is 0.417 e. The number of halogens is 4. The van der Waals surface area contributed by atoms with Gasteiger partial charge in [0.05, 0.1) is 16.8 Å². The van der Waals surface area contributed by atoms with Crippen LogP contribution in [0.3, 0.4) is 0 Å². The average molecular weight is 476 g/mol. The van der Waals surface area contributed by atoms with Gasteiger partial charge in [0.1, 0.15) is 23.7 Å². The van der Waals surface area contributed by atoms with Crippen molar-refractivity contribution in [2.75, 3.05) is 10.7 Å². The molecule has 4 rings (SSSR count). The second kappa shape index (κ2) is 8.74. The van der Waals surface area contributed by atoms with Crippen LogP contribution in [0.2, 0.25) is 5.02 Å². The molecule has 2 heterocycles. The molecule has 13 heteroatoms. The molecule has 0 saturated carbocycles. The minimum atomic E-state index is -4.62. The van der Waals surface area contributed by atoms with Gasteiger partial charge in [0.15, 0.2) is 23.1 Å². The maximum Gasteiger partial charge on any atom is 0.417 e. The molecular formula is C20H13ClF3N7O2. The summed E-state index contributed by atoms with van der Waals surface area (Å²) in [6.07, 6.45) is -0.834. The second-order valence-electron chi connectivity index (χ2n) is 6.58. The highest BCUT2D eigenvalue weighted by Gasteiger charge is 2.33. The molecule has 0 amide bonds. The van der Waals surface area contributed by atoms with Gasteiger partial charge in [-0.25, -0.2) is 19.9 Å². The normalized spacial score (nSPS) is 11.8. The van der Waals surface area contributed by atoms with Gasteiger partial charge in [-0.2, -0.15) is 18.3 Å². The maximum atomic E-state index is 13.1. The third-order valence-corrected chi connectivity index (χ3v) is 4.67. The second-order valence-corrected chi connectivity index (χ2v) is 6.98. The van der Waals surface area contributed by atoms with Crippen LogP contribution >= 0.6 is 11.6 Å². The van der Waals surface area contributed by atoms with Gasteiger partial charge in [0, 0.05) is 5.69 Å². The molecule has 0 atom stereocenters. The number of rotatable bonds is 5. The first-order valence-electron chi connectivity index (χ1n) is 9.13. The number of aromatic hydroxyl groups is 2. The molecule has 0 aliphatic heterocycles. The Balaban J connectivity index is 1.62. The summed E-state index contributed by atoms with van der Waals surface area (Å²) in [5.74, 6) is -0.211. The van der Waals surface area contributed by atoms with Crippen LogP contribution < -0.4 is 10.7 Å². The summed E-state index contributed by atoms with van der Waals surface area (Å²) >= 11 is 5.67. The minimum absolute atomic E-state index is 0.102. The number of phenolic OH excluding ortho intramolecular Hbond substituents is 2. The van der Waals surface area contributed by atoms with Crippen molar-refractivity contribution < 1.29 is 23.4 Å². The molecule has 33 heavy (non-hydrogen) atoms. The fraction of sp³-hybridized carbons (Fsp3) is 0.0500. The van der Waals surface area contributed by atoms with Gasteiger partial charge in [0.25, 0.3) is 0 Å². The molecule has 0 bridgehead atoms. The Kier molecular flexibility index (Phi) is 5.84. The van der Waals surface area contributed by atoms with Crippen LogP contribution in [-0.4, -0.2) is 36.4 Å². The van der Waals surface area contributed by atoms with Crippen LogP contribution in [0.4, 0.5) is 30.5 Å². The molecule has 2 aromatic heterocycles. The Labute approximate surface area is 188 Å². The Bertz CT molecular complexity index is 1370. The summed E-state index contributed by atoms with van der Waals surface area (Å²) in [6.45, 7) is 0. The van der Waals surface area contributed by atoms with E-state index in [0.29, 0.717) is 5.56 Å². The van der Waals surface area contributed by atoms with Gasteiger partial charge >= 0.3 is 6.18 Å². The third-order valence-electron chi connectivity index (χ3n) is 4.34. The molecule has 168 valence electrons. The topological polar surface area (TPSA) is 128 Å². The zero-order chi connectivity index (χ0) is 23.6. The molecule has 0 unspecified atom stereocenters. The molecule has 0 spiro atoms. The van der Waals surface area contributed by atoms with Crippen molar-refractivity contribution in [1.29, 1.82) is 0 Å². The zero-order valence-electron chi connectivity index (χ0n) is 16.3. The van der Waals surface area contributed by atoms with E-state index in [1.165, 1.54) is 43.1 Å². The molecule has 0 fully saturated rings. The van der Waals surface area contributed by atoms with Gasteiger partial charge in [0.2, 0.25) is 0 Å². The first-order chi connectivity index (χ1) is 15.7. The number of aromatic nitrogens is 4. The van der Waals surface area contributed by atoms with Crippen LogP contribution in [0.5, 0.6) is 11.5 Å². The van der Waals surface area contributed by atoms with Gasteiger partial charge in [-0.05, 0) is 42.0 Å². The Morgan fingerprint density at radius 1 is 0.879 bits per heavy atom. The first-order valence-corrected chi connectivity index (χ1v) is 9.50. The van der Waals surface area contributed by atoms with Crippen molar-refractivity contribution in [3.63, 3.8) is 0 Å². The van der Waals surface area contributed by atoms with Crippen LogP contribution in [-0.2, 0) is 6.18 Å². The lowest BCUT2D eigenvalue weighted by Crippen LogP contribution is -2.07. The van der Waals surface area contributed by atoms with Crippen LogP contribution in [0, 0.1) is 0 Å². The number of phenols is 2. The van der Waals surface area contributed by atoms with E-state index in [1.807, 2.05) is 0 Å². The molecule has 4 aromatic rings. The number of benzene rings is 2. The number of alkyl halides is 3. The van der Waals surface area contributed by atoms with E-state index in [-0.39, 0.29) is 39.9 Å².